The van der Waals surface area contributed by atoms with E-state index in [0.29, 0.717) is 37.0 Å². The third kappa shape index (κ3) is 3.77. The summed E-state index contributed by atoms with van der Waals surface area (Å²) in [6.45, 7) is 5.89. The molecular formula is C20H24ClFN4O3. The third-order valence-corrected chi connectivity index (χ3v) is 5.62. The smallest absolute Gasteiger partial charge is 0.407 e. The Labute approximate surface area is 172 Å². The molecule has 29 heavy (non-hydrogen) atoms. The zero-order chi connectivity index (χ0) is 21.0. The lowest BCUT2D eigenvalue weighted by molar-refractivity contribution is -0.162. The molecule has 3 saturated carbocycles. The standard InChI is InChI=1S/C20H24ClFN4O3/c1-18(2,3)29-17(28)24-6-7-26-13(8-12-4-5-23-15(21)14(12)26)16(27)25-20-9-19(22,10-20)11-20/h4-5,8H,6-7,9-11H2,1-3H3,(H,24,28)(H,25,27). The van der Waals surface area contributed by atoms with Gasteiger partial charge in [-0.3, -0.25) is 4.79 Å². The van der Waals surface area contributed by atoms with Crippen molar-refractivity contribution in [3.63, 3.8) is 0 Å². The van der Waals surface area contributed by atoms with Crippen LogP contribution in [0.25, 0.3) is 10.9 Å². The maximum Gasteiger partial charge on any atom is 0.407 e. The molecule has 2 aromatic rings. The van der Waals surface area contributed by atoms with Crippen LogP contribution in [0.1, 0.15) is 50.5 Å². The summed E-state index contributed by atoms with van der Waals surface area (Å²) in [6, 6.07) is 3.51. The fourth-order valence-electron chi connectivity index (χ4n) is 4.28. The molecule has 0 aliphatic heterocycles. The molecule has 2 N–H and O–H groups in total. The van der Waals surface area contributed by atoms with Gasteiger partial charge in [0.1, 0.15) is 17.0 Å². The zero-order valence-electron chi connectivity index (χ0n) is 16.6. The van der Waals surface area contributed by atoms with Crippen LogP contribution in [-0.2, 0) is 11.3 Å². The van der Waals surface area contributed by atoms with Crippen molar-refractivity contribution in [3.8, 4) is 0 Å². The van der Waals surface area contributed by atoms with Gasteiger partial charge < -0.3 is 19.9 Å². The van der Waals surface area contributed by atoms with Crippen LogP contribution >= 0.6 is 11.6 Å². The molecule has 2 bridgehead atoms. The van der Waals surface area contributed by atoms with Crippen LogP contribution in [0.3, 0.4) is 0 Å². The molecule has 7 nitrogen and oxygen atoms in total. The van der Waals surface area contributed by atoms with Crippen LogP contribution in [0.15, 0.2) is 18.3 Å². The van der Waals surface area contributed by atoms with E-state index in [1.54, 1.807) is 43.7 Å². The lowest BCUT2D eigenvalue weighted by atomic mass is 9.47. The molecular weight excluding hydrogens is 399 g/mol. The first-order chi connectivity index (χ1) is 13.5. The van der Waals surface area contributed by atoms with E-state index in [0.717, 1.165) is 5.39 Å². The average molecular weight is 423 g/mol. The topological polar surface area (TPSA) is 85.2 Å². The number of ether oxygens (including phenoxy) is 1. The number of halogens is 2. The minimum atomic E-state index is -1.09. The van der Waals surface area contributed by atoms with Gasteiger partial charge in [0, 0.05) is 49.5 Å². The summed E-state index contributed by atoms with van der Waals surface area (Å²) in [5.74, 6) is -0.281. The number of fused-ring (bicyclic) bond motifs is 1. The fourth-order valence-corrected chi connectivity index (χ4v) is 4.54. The van der Waals surface area contributed by atoms with Crippen LogP contribution in [0.2, 0.25) is 5.15 Å². The number of hydrogen-bond acceptors (Lipinski definition) is 4. The Morgan fingerprint density at radius 1 is 1.34 bits per heavy atom. The van der Waals surface area contributed by atoms with Gasteiger partial charge in [0.05, 0.1) is 5.52 Å². The molecule has 2 heterocycles. The summed E-state index contributed by atoms with van der Waals surface area (Å²) in [4.78, 5) is 29.0. The van der Waals surface area contributed by atoms with Crippen molar-refractivity contribution in [3.05, 3.63) is 29.2 Å². The predicted octanol–water partition coefficient (Wildman–Crippen LogP) is 3.59. The van der Waals surface area contributed by atoms with Crippen molar-refractivity contribution in [1.29, 1.82) is 0 Å². The Morgan fingerprint density at radius 2 is 2.03 bits per heavy atom. The van der Waals surface area contributed by atoms with Crippen molar-refractivity contribution in [1.82, 2.24) is 20.2 Å². The number of aromatic nitrogens is 2. The summed E-state index contributed by atoms with van der Waals surface area (Å²) >= 11 is 6.28. The maximum atomic E-state index is 13.8. The first-order valence-corrected chi connectivity index (χ1v) is 9.99. The van der Waals surface area contributed by atoms with Crippen LogP contribution < -0.4 is 10.6 Å². The van der Waals surface area contributed by atoms with Crippen molar-refractivity contribution in [2.45, 2.75) is 63.4 Å². The Bertz CT molecular complexity index is 978. The molecule has 5 rings (SSSR count). The summed E-state index contributed by atoms with van der Waals surface area (Å²) in [7, 11) is 0. The molecule has 2 amide bonds. The second kappa shape index (κ2) is 6.58. The molecule has 3 fully saturated rings. The van der Waals surface area contributed by atoms with Gasteiger partial charge in [-0.2, -0.15) is 0 Å². The van der Waals surface area contributed by atoms with Crippen molar-refractivity contribution >= 4 is 34.5 Å². The van der Waals surface area contributed by atoms with Crippen LogP contribution in [0.4, 0.5) is 9.18 Å². The number of carbonyl (C=O) groups is 2. The van der Waals surface area contributed by atoms with E-state index in [1.165, 1.54) is 0 Å². The maximum absolute atomic E-state index is 13.8. The molecule has 0 spiro atoms. The molecule has 156 valence electrons. The highest BCUT2D eigenvalue weighted by Gasteiger charge is 2.70. The van der Waals surface area contributed by atoms with E-state index in [-0.39, 0.29) is 17.6 Å². The molecule has 0 unspecified atom stereocenters. The molecule has 0 radical (unpaired) electrons. The van der Waals surface area contributed by atoms with E-state index in [4.69, 9.17) is 16.3 Å². The molecule has 0 atom stereocenters. The van der Waals surface area contributed by atoms with E-state index in [9.17, 15) is 14.0 Å². The molecule has 3 aliphatic rings. The Kier molecular flexibility index (Phi) is 4.53. The number of amides is 2. The number of nitrogens with one attached hydrogen (secondary N) is 2. The third-order valence-electron chi connectivity index (χ3n) is 5.34. The Hall–Kier alpha value is -2.35. The van der Waals surface area contributed by atoms with E-state index in [2.05, 4.69) is 15.6 Å². The van der Waals surface area contributed by atoms with Crippen LogP contribution in [-0.4, -0.2) is 44.9 Å². The van der Waals surface area contributed by atoms with Gasteiger partial charge in [0.25, 0.3) is 5.91 Å². The Balaban J connectivity index is 1.52. The molecule has 3 aliphatic carbocycles. The molecule has 2 aromatic heterocycles. The lowest BCUT2D eigenvalue weighted by Gasteiger charge is -2.65. The summed E-state index contributed by atoms with van der Waals surface area (Å²) in [5, 5.41) is 6.70. The highest BCUT2D eigenvalue weighted by Crippen LogP contribution is 2.62. The number of nitrogens with zero attached hydrogens (tertiary/aromatic N) is 2. The van der Waals surface area contributed by atoms with Crippen LogP contribution in [0, 0.1) is 0 Å². The highest BCUT2D eigenvalue weighted by atomic mass is 35.5. The average Bonchev–Trinajstić information content (AvgIpc) is 2.91. The van der Waals surface area contributed by atoms with Gasteiger partial charge in [0.2, 0.25) is 0 Å². The number of alkyl carbamates (subject to hydrolysis) is 1. The van der Waals surface area contributed by atoms with Gasteiger partial charge in [-0.25, -0.2) is 14.2 Å². The quantitative estimate of drug-likeness (QED) is 0.721. The Morgan fingerprint density at radius 3 is 2.66 bits per heavy atom. The number of alkyl halides is 1. The van der Waals surface area contributed by atoms with Gasteiger partial charge in [-0.1, -0.05) is 11.6 Å². The van der Waals surface area contributed by atoms with Gasteiger partial charge in [0.15, 0.2) is 5.15 Å². The number of rotatable bonds is 5. The van der Waals surface area contributed by atoms with Crippen molar-refractivity contribution in [2.75, 3.05) is 6.54 Å². The predicted molar refractivity (Wildman–Crippen MR) is 107 cm³/mol. The molecule has 0 saturated heterocycles. The molecule has 0 aromatic carbocycles. The summed E-state index contributed by atoms with van der Waals surface area (Å²) in [6.07, 6.45) is 2.15. The number of pyridine rings is 1. The second-order valence-corrected chi connectivity index (χ2v) is 9.42. The highest BCUT2D eigenvalue weighted by molar-refractivity contribution is 6.34. The van der Waals surface area contributed by atoms with Crippen LogP contribution in [0.5, 0.6) is 0 Å². The number of hydrogen-bond donors (Lipinski definition) is 2. The zero-order valence-corrected chi connectivity index (χ0v) is 17.4. The second-order valence-electron chi connectivity index (χ2n) is 9.07. The normalized spacial score (nSPS) is 25.1. The van der Waals surface area contributed by atoms with E-state index < -0.39 is 22.9 Å². The minimum Gasteiger partial charge on any atom is -0.444 e. The van der Waals surface area contributed by atoms with Gasteiger partial charge in [-0.15, -0.1) is 0 Å². The fraction of sp³-hybridized carbons (Fsp3) is 0.550. The minimum absolute atomic E-state index is 0.239. The van der Waals surface area contributed by atoms with Crippen molar-refractivity contribution < 1.29 is 18.7 Å². The summed E-state index contributed by atoms with van der Waals surface area (Å²) < 4.78 is 20.8. The van der Waals surface area contributed by atoms with E-state index >= 15 is 0 Å². The number of carbonyl (C=O) groups excluding carboxylic acids is 2. The first kappa shape index (κ1) is 19.9. The van der Waals surface area contributed by atoms with Gasteiger partial charge >= 0.3 is 6.09 Å². The van der Waals surface area contributed by atoms with Crippen molar-refractivity contribution in [2.24, 2.45) is 0 Å². The SMILES string of the molecule is CC(C)(C)OC(=O)NCCn1c(C(=O)NC23CC(F)(C2)C3)cc2ccnc(Cl)c21. The summed E-state index contributed by atoms with van der Waals surface area (Å²) in [5.41, 5.74) is -1.10. The first-order valence-electron chi connectivity index (χ1n) is 9.61. The van der Waals surface area contributed by atoms with Gasteiger partial charge in [-0.05, 0) is 32.9 Å². The largest absolute Gasteiger partial charge is 0.444 e. The van der Waals surface area contributed by atoms with E-state index in [1.807, 2.05) is 0 Å². The lowest BCUT2D eigenvalue weighted by Crippen LogP contribution is -2.76. The molecule has 9 heteroatoms. The monoisotopic (exact) mass is 422 g/mol.